The number of rotatable bonds is 2. The Balaban J connectivity index is 2.34. The van der Waals surface area contributed by atoms with Crippen molar-refractivity contribution >= 4 is 10.9 Å². The number of aromatic amines is 1. The lowest BCUT2D eigenvalue weighted by molar-refractivity contribution is -0.134. The monoisotopic (exact) mass is 242 g/mol. The molecule has 1 aromatic heterocycles. The first-order valence-corrected chi connectivity index (χ1v) is 5.00. The number of fused-ring (bicyclic) bond motifs is 1. The minimum atomic E-state index is -4.25. The number of halogens is 3. The van der Waals surface area contributed by atoms with Crippen molar-refractivity contribution in [2.75, 3.05) is 0 Å². The fourth-order valence-electron chi connectivity index (χ4n) is 1.51. The van der Waals surface area contributed by atoms with Crippen LogP contribution in [0.2, 0.25) is 0 Å². The van der Waals surface area contributed by atoms with Crippen molar-refractivity contribution in [2.45, 2.75) is 19.0 Å². The number of aryl methyl sites for hydroxylation is 1. The molecule has 0 aliphatic heterocycles. The average Bonchev–Trinajstić information content (AvgIpc) is 2.26. The molecule has 0 fully saturated rings. The van der Waals surface area contributed by atoms with Gasteiger partial charge in [0.1, 0.15) is 5.82 Å². The van der Waals surface area contributed by atoms with Crippen molar-refractivity contribution in [3.8, 4) is 0 Å². The van der Waals surface area contributed by atoms with Gasteiger partial charge in [-0.2, -0.15) is 13.2 Å². The van der Waals surface area contributed by atoms with Crippen molar-refractivity contribution in [1.82, 2.24) is 9.97 Å². The van der Waals surface area contributed by atoms with Crippen molar-refractivity contribution in [3.05, 3.63) is 40.4 Å². The number of alkyl halides is 3. The summed E-state index contributed by atoms with van der Waals surface area (Å²) in [7, 11) is 0. The SMILES string of the molecule is O=c1[nH]c(CCC(F)(F)F)nc2ccccc12. The zero-order chi connectivity index (χ0) is 12.5. The molecule has 0 radical (unpaired) electrons. The van der Waals surface area contributed by atoms with E-state index in [4.69, 9.17) is 0 Å². The number of hydrogen-bond acceptors (Lipinski definition) is 2. The summed E-state index contributed by atoms with van der Waals surface area (Å²) in [6, 6.07) is 6.54. The van der Waals surface area contributed by atoms with Crippen LogP contribution in [0.3, 0.4) is 0 Å². The highest BCUT2D eigenvalue weighted by molar-refractivity contribution is 5.77. The predicted octanol–water partition coefficient (Wildman–Crippen LogP) is 2.42. The minimum Gasteiger partial charge on any atom is -0.310 e. The van der Waals surface area contributed by atoms with Gasteiger partial charge in [0.05, 0.1) is 17.3 Å². The van der Waals surface area contributed by atoms with Crippen molar-refractivity contribution in [1.29, 1.82) is 0 Å². The van der Waals surface area contributed by atoms with Crippen molar-refractivity contribution in [2.24, 2.45) is 0 Å². The first-order chi connectivity index (χ1) is 7.96. The molecule has 1 heterocycles. The lowest BCUT2D eigenvalue weighted by Crippen LogP contribution is -2.15. The lowest BCUT2D eigenvalue weighted by atomic mass is 10.2. The molecule has 0 saturated heterocycles. The van der Waals surface area contributed by atoms with E-state index >= 15 is 0 Å². The Morgan fingerprint density at radius 3 is 2.65 bits per heavy atom. The van der Waals surface area contributed by atoms with E-state index in [9.17, 15) is 18.0 Å². The second kappa shape index (κ2) is 4.20. The Hall–Kier alpha value is -1.85. The molecule has 0 amide bonds. The molecular weight excluding hydrogens is 233 g/mol. The van der Waals surface area contributed by atoms with Gasteiger partial charge in [-0.25, -0.2) is 4.98 Å². The quantitative estimate of drug-likeness (QED) is 0.879. The zero-order valence-electron chi connectivity index (χ0n) is 8.71. The number of nitrogens with one attached hydrogen (secondary N) is 1. The van der Waals surface area contributed by atoms with Crippen LogP contribution in [-0.2, 0) is 6.42 Å². The van der Waals surface area contributed by atoms with Gasteiger partial charge in [-0.3, -0.25) is 4.79 Å². The average molecular weight is 242 g/mol. The van der Waals surface area contributed by atoms with E-state index in [1.54, 1.807) is 24.3 Å². The molecule has 2 rings (SSSR count). The highest BCUT2D eigenvalue weighted by Crippen LogP contribution is 2.21. The molecule has 17 heavy (non-hydrogen) atoms. The van der Waals surface area contributed by atoms with E-state index in [1.165, 1.54) is 0 Å². The first-order valence-electron chi connectivity index (χ1n) is 5.00. The zero-order valence-corrected chi connectivity index (χ0v) is 8.71. The highest BCUT2D eigenvalue weighted by Gasteiger charge is 2.27. The lowest BCUT2D eigenvalue weighted by Gasteiger charge is -2.06. The van der Waals surface area contributed by atoms with Gasteiger partial charge >= 0.3 is 6.18 Å². The number of benzene rings is 1. The topological polar surface area (TPSA) is 45.8 Å². The molecule has 0 spiro atoms. The van der Waals surface area contributed by atoms with Crippen LogP contribution < -0.4 is 5.56 Å². The van der Waals surface area contributed by atoms with Crippen LogP contribution in [0, 0.1) is 0 Å². The third-order valence-electron chi connectivity index (χ3n) is 2.31. The van der Waals surface area contributed by atoms with Crippen molar-refractivity contribution < 1.29 is 13.2 Å². The first kappa shape index (κ1) is 11.6. The standard InChI is InChI=1S/C11H9F3N2O/c12-11(13,14)6-5-9-15-8-4-2-1-3-7(8)10(17)16-9/h1-4H,5-6H2,(H,15,16,17). The van der Waals surface area contributed by atoms with Crippen LogP contribution in [0.25, 0.3) is 10.9 Å². The van der Waals surface area contributed by atoms with Gasteiger partial charge in [0.15, 0.2) is 0 Å². The number of nitrogens with zero attached hydrogens (tertiary/aromatic N) is 1. The Morgan fingerprint density at radius 2 is 1.94 bits per heavy atom. The number of hydrogen-bond donors (Lipinski definition) is 1. The molecule has 1 N–H and O–H groups in total. The van der Waals surface area contributed by atoms with Crippen LogP contribution in [0.15, 0.2) is 29.1 Å². The molecule has 0 bridgehead atoms. The maximum atomic E-state index is 12.0. The second-order valence-electron chi connectivity index (χ2n) is 3.64. The third kappa shape index (κ3) is 2.83. The van der Waals surface area contributed by atoms with Crippen LogP contribution in [-0.4, -0.2) is 16.1 Å². The van der Waals surface area contributed by atoms with E-state index in [-0.39, 0.29) is 12.2 Å². The second-order valence-corrected chi connectivity index (χ2v) is 3.64. The van der Waals surface area contributed by atoms with Gasteiger partial charge in [-0.05, 0) is 12.1 Å². The summed E-state index contributed by atoms with van der Waals surface area (Å²) in [6.07, 6.45) is -5.55. The third-order valence-corrected chi connectivity index (χ3v) is 2.31. The Labute approximate surface area is 94.3 Å². The smallest absolute Gasteiger partial charge is 0.310 e. The molecule has 0 unspecified atom stereocenters. The van der Waals surface area contributed by atoms with Crippen LogP contribution in [0.5, 0.6) is 0 Å². The highest BCUT2D eigenvalue weighted by atomic mass is 19.4. The molecule has 90 valence electrons. The van der Waals surface area contributed by atoms with Crippen molar-refractivity contribution in [3.63, 3.8) is 0 Å². The maximum Gasteiger partial charge on any atom is 0.389 e. The van der Waals surface area contributed by atoms with Crippen LogP contribution >= 0.6 is 0 Å². The summed E-state index contributed by atoms with van der Waals surface area (Å²) >= 11 is 0. The molecule has 3 nitrogen and oxygen atoms in total. The summed E-state index contributed by atoms with van der Waals surface area (Å²) in [5, 5.41) is 0.378. The molecular formula is C11H9F3N2O. The maximum absolute atomic E-state index is 12.0. The Morgan fingerprint density at radius 1 is 1.24 bits per heavy atom. The molecule has 1 aromatic carbocycles. The largest absolute Gasteiger partial charge is 0.389 e. The molecule has 0 atom stereocenters. The number of aromatic nitrogens is 2. The van der Waals surface area contributed by atoms with Gasteiger partial charge in [0.2, 0.25) is 0 Å². The van der Waals surface area contributed by atoms with E-state index < -0.39 is 18.2 Å². The molecule has 0 aliphatic rings. The van der Waals surface area contributed by atoms with Gasteiger partial charge in [0.25, 0.3) is 5.56 Å². The van der Waals surface area contributed by atoms with Crippen LogP contribution in [0.1, 0.15) is 12.2 Å². The molecule has 6 heteroatoms. The molecule has 2 aromatic rings. The van der Waals surface area contributed by atoms with E-state index in [1.807, 2.05) is 0 Å². The number of para-hydroxylation sites is 1. The molecule has 0 aliphatic carbocycles. The van der Waals surface area contributed by atoms with E-state index in [2.05, 4.69) is 9.97 Å². The minimum absolute atomic E-state index is 0.0611. The normalized spacial score (nSPS) is 11.9. The Kier molecular flexibility index (Phi) is 2.87. The Bertz CT molecular complexity index is 589. The summed E-state index contributed by atoms with van der Waals surface area (Å²) in [5.74, 6) is 0.0611. The number of H-pyrrole nitrogens is 1. The van der Waals surface area contributed by atoms with Gasteiger partial charge in [-0.15, -0.1) is 0 Å². The fourth-order valence-corrected chi connectivity index (χ4v) is 1.51. The predicted molar refractivity (Wildman–Crippen MR) is 56.7 cm³/mol. The van der Waals surface area contributed by atoms with Crippen LogP contribution in [0.4, 0.5) is 13.2 Å². The van der Waals surface area contributed by atoms with E-state index in [0.717, 1.165) is 0 Å². The van der Waals surface area contributed by atoms with Gasteiger partial charge in [0, 0.05) is 6.42 Å². The summed E-state index contributed by atoms with van der Waals surface area (Å²) in [4.78, 5) is 17.9. The van der Waals surface area contributed by atoms with E-state index in [0.29, 0.717) is 10.9 Å². The summed E-state index contributed by atoms with van der Waals surface area (Å²) < 4.78 is 36.1. The fraction of sp³-hybridized carbons (Fsp3) is 0.273. The molecule has 0 saturated carbocycles. The van der Waals surface area contributed by atoms with Gasteiger partial charge in [-0.1, -0.05) is 12.1 Å². The summed E-state index contributed by atoms with van der Waals surface area (Å²) in [6.45, 7) is 0. The summed E-state index contributed by atoms with van der Waals surface area (Å²) in [5.41, 5.74) is 0.00111. The van der Waals surface area contributed by atoms with Gasteiger partial charge < -0.3 is 4.98 Å².